The van der Waals surface area contributed by atoms with Gasteiger partial charge in [0.05, 0.1) is 12.7 Å². The molecular weight excluding hydrogens is 311 g/mol. The van der Waals surface area contributed by atoms with Crippen LogP contribution in [-0.2, 0) is 0 Å². The molecule has 0 atom stereocenters. The molecule has 0 saturated heterocycles. The van der Waals surface area contributed by atoms with Crippen molar-refractivity contribution in [3.05, 3.63) is 63.4 Å². The smallest absolute Gasteiger partial charge is 0.196 e. The van der Waals surface area contributed by atoms with Gasteiger partial charge in [-0.2, -0.15) is 0 Å². The minimum absolute atomic E-state index is 0.226. The first-order valence-corrected chi connectivity index (χ1v) is 6.46. The molecular formula is C15H12BrFO2. The summed E-state index contributed by atoms with van der Waals surface area (Å²) < 4.78 is 19.3. The van der Waals surface area contributed by atoms with E-state index in [1.54, 1.807) is 18.2 Å². The molecule has 0 spiro atoms. The van der Waals surface area contributed by atoms with Crippen LogP contribution in [0.2, 0.25) is 0 Å². The molecule has 0 N–H and O–H groups in total. The second-order valence-electron chi connectivity index (χ2n) is 4.14. The van der Waals surface area contributed by atoms with Crippen LogP contribution in [0.1, 0.15) is 21.5 Å². The lowest BCUT2D eigenvalue weighted by atomic mass is 10.0. The van der Waals surface area contributed by atoms with Crippen LogP contribution in [0.5, 0.6) is 5.75 Å². The number of hydrogen-bond donors (Lipinski definition) is 0. The van der Waals surface area contributed by atoms with Gasteiger partial charge in [0.25, 0.3) is 0 Å². The number of carbonyl (C=O) groups excluding carboxylic acids is 1. The Hall–Kier alpha value is -1.68. The van der Waals surface area contributed by atoms with Crippen molar-refractivity contribution in [1.82, 2.24) is 0 Å². The van der Waals surface area contributed by atoms with Crippen LogP contribution in [0.4, 0.5) is 4.39 Å². The minimum Gasteiger partial charge on any atom is -0.496 e. The summed E-state index contributed by atoms with van der Waals surface area (Å²) in [6.07, 6.45) is 0. The van der Waals surface area contributed by atoms with Crippen molar-refractivity contribution in [2.24, 2.45) is 0 Å². The van der Waals surface area contributed by atoms with Crippen LogP contribution >= 0.6 is 15.9 Å². The maximum atomic E-state index is 13.3. The Labute approximate surface area is 119 Å². The van der Waals surface area contributed by atoms with E-state index in [4.69, 9.17) is 4.74 Å². The van der Waals surface area contributed by atoms with Crippen molar-refractivity contribution in [3.63, 3.8) is 0 Å². The molecule has 0 radical (unpaired) electrons. The van der Waals surface area contributed by atoms with E-state index in [1.165, 1.54) is 25.3 Å². The number of hydrogen-bond acceptors (Lipinski definition) is 2. The third kappa shape index (κ3) is 2.84. The Balaban J connectivity index is 2.49. The molecule has 0 unspecified atom stereocenters. The third-order valence-corrected chi connectivity index (χ3v) is 3.72. The largest absolute Gasteiger partial charge is 0.496 e. The van der Waals surface area contributed by atoms with Gasteiger partial charge in [-0.25, -0.2) is 4.39 Å². The summed E-state index contributed by atoms with van der Waals surface area (Å²) in [4.78, 5) is 12.4. The summed E-state index contributed by atoms with van der Waals surface area (Å²) in [6.45, 7) is 1.89. The highest BCUT2D eigenvalue weighted by Gasteiger charge is 2.16. The number of benzene rings is 2. The zero-order valence-corrected chi connectivity index (χ0v) is 12.1. The summed E-state index contributed by atoms with van der Waals surface area (Å²) >= 11 is 3.38. The molecule has 2 aromatic rings. The van der Waals surface area contributed by atoms with E-state index in [0.29, 0.717) is 11.3 Å². The van der Waals surface area contributed by atoms with E-state index in [-0.39, 0.29) is 11.3 Å². The highest BCUT2D eigenvalue weighted by Crippen LogP contribution is 2.24. The van der Waals surface area contributed by atoms with Crippen LogP contribution < -0.4 is 4.74 Å². The van der Waals surface area contributed by atoms with Gasteiger partial charge in [0, 0.05) is 10.0 Å². The number of rotatable bonds is 3. The first-order chi connectivity index (χ1) is 9.02. The van der Waals surface area contributed by atoms with Crippen LogP contribution in [0.25, 0.3) is 0 Å². The molecule has 2 rings (SSSR count). The first kappa shape index (κ1) is 13.7. The first-order valence-electron chi connectivity index (χ1n) is 5.67. The fraction of sp³-hybridized carbons (Fsp3) is 0.133. The number of halogens is 2. The lowest BCUT2D eigenvalue weighted by Crippen LogP contribution is -2.05. The van der Waals surface area contributed by atoms with Crippen molar-refractivity contribution in [2.45, 2.75) is 6.92 Å². The number of ether oxygens (including phenoxy) is 1. The van der Waals surface area contributed by atoms with E-state index < -0.39 is 5.82 Å². The summed E-state index contributed by atoms with van der Waals surface area (Å²) in [5, 5.41) is 0. The molecule has 2 nitrogen and oxygen atoms in total. The number of ketones is 1. The summed E-state index contributed by atoms with van der Waals surface area (Å²) in [5.74, 6) is -0.350. The molecule has 98 valence electrons. The highest BCUT2D eigenvalue weighted by atomic mass is 79.9. The molecule has 0 aliphatic carbocycles. The zero-order chi connectivity index (χ0) is 14.0. The van der Waals surface area contributed by atoms with Gasteiger partial charge in [-0.05, 0) is 48.9 Å². The maximum Gasteiger partial charge on any atom is 0.196 e. The molecule has 19 heavy (non-hydrogen) atoms. The molecule has 0 aromatic heterocycles. The summed E-state index contributed by atoms with van der Waals surface area (Å²) in [7, 11) is 1.46. The maximum absolute atomic E-state index is 13.3. The predicted molar refractivity (Wildman–Crippen MR) is 75.3 cm³/mol. The van der Waals surface area contributed by atoms with Gasteiger partial charge in [0.1, 0.15) is 11.6 Å². The quantitative estimate of drug-likeness (QED) is 0.794. The monoisotopic (exact) mass is 322 g/mol. The number of aryl methyl sites for hydroxylation is 1. The molecule has 0 bridgehead atoms. The van der Waals surface area contributed by atoms with E-state index in [9.17, 15) is 9.18 Å². The van der Waals surface area contributed by atoms with Crippen molar-refractivity contribution in [2.75, 3.05) is 7.11 Å². The molecule has 0 fully saturated rings. The van der Waals surface area contributed by atoms with E-state index in [1.807, 2.05) is 6.92 Å². The summed E-state index contributed by atoms with van der Waals surface area (Å²) in [6, 6.07) is 9.17. The second kappa shape index (κ2) is 5.53. The van der Waals surface area contributed by atoms with Crippen molar-refractivity contribution in [3.8, 4) is 5.75 Å². The lowest BCUT2D eigenvalue weighted by molar-refractivity contribution is 0.103. The Kier molecular flexibility index (Phi) is 4.00. The van der Waals surface area contributed by atoms with Crippen molar-refractivity contribution in [1.29, 1.82) is 0 Å². The molecule has 0 aliphatic rings. The van der Waals surface area contributed by atoms with Crippen LogP contribution in [0, 0.1) is 12.7 Å². The summed E-state index contributed by atoms with van der Waals surface area (Å²) in [5.41, 5.74) is 1.68. The van der Waals surface area contributed by atoms with Crippen LogP contribution in [-0.4, -0.2) is 12.9 Å². The highest BCUT2D eigenvalue weighted by molar-refractivity contribution is 9.10. The van der Waals surface area contributed by atoms with Gasteiger partial charge < -0.3 is 4.74 Å². The van der Waals surface area contributed by atoms with Gasteiger partial charge in [-0.3, -0.25) is 4.79 Å². The van der Waals surface area contributed by atoms with Gasteiger partial charge in [-0.15, -0.1) is 0 Å². The number of methoxy groups -OCH3 is 1. The van der Waals surface area contributed by atoms with Crippen LogP contribution in [0.15, 0.2) is 40.9 Å². The standard InChI is InChI=1S/C15H12BrFO2/c1-9-7-10(3-5-13(9)16)15(18)12-8-11(17)4-6-14(12)19-2/h3-8H,1-2H3. The average Bonchev–Trinajstić information content (AvgIpc) is 2.41. The molecule has 0 aliphatic heterocycles. The molecule has 4 heteroatoms. The van der Waals surface area contributed by atoms with E-state index in [2.05, 4.69) is 15.9 Å². The van der Waals surface area contributed by atoms with Crippen LogP contribution in [0.3, 0.4) is 0 Å². The molecule has 0 amide bonds. The van der Waals surface area contributed by atoms with Crippen molar-refractivity contribution < 1.29 is 13.9 Å². The zero-order valence-electron chi connectivity index (χ0n) is 10.5. The van der Waals surface area contributed by atoms with Gasteiger partial charge in [0.2, 0.25) is 0 Å². The Morgan fingerprint density at radius 1 is 1.21 bits per heavy atom. The van der Waals surface area contributed by atoms with Gasteiger partial charge in [-0.1, -0.05) is 15.9 Å². The molecule has 0 saturated carbocycles. The predicted octanol–water partition coefficient (Wildman–Crippen LogP) is 4.14. The lowest BCUT2D eigenvalue weighted by Gasteiger charge is -2.08. The second-order valence-corrected chi connectivity index (χ2v) is 4.99. The molecule has 2 aromatic carbocycles. The Morgan fingerprint density at radius 3 is 2.58 bits per heavy atom. The van der Waals surface area contributed by atoms with Crippen molar-refractivity contribution >= 4 is 21.7 Å². The van der Waals surface area contributed by atoms with Gasteiger partial charge in [0.15, 0.2) is 5.78 Å². The minimum atomic E-state index is -0.460. The van der Waals surface area contributed by atoms with E-state index in [0.717, 1.165) is 10.0 Å². The Bertz CT molecular complexity index is 638. The van der Waals surface area contributed by atoms with Gasteiger partial charge >= 0.3 is 0 Å². The normalized spacial score (nSPS) is 10.3. The topological polar surface area (TPSA) is 26.3 Å². The third-order valence-electron chi connectivity index (χ3n) is 2.83. The molecule has 0 heterocycles. The fourth-order valence-corrected chi connectivity index (χ4v) is 2.05. The fourth-order valence-electron chi connectivity index (χ4n) is 1.80. The Morgan fingerprint density at radius 2 is 1.95 bits per heavy atom. The average molecular weight is 323 g/mol. The number of carbonyl (C=O) groups is 1. The van der Waals surface area contributed by atoms with E-state index >= 15 is 0 Å². The SMILES string of the molecule is COc1ccc(F)cc1C(=O)c1ccc(Br)c(C)c1.